The van der Waals surface area contributed by atoms with Crippen LogP contribution in [0.4, 0.5) is 13.2 Å². The third kappa shape index (κ3) is 6.07. The molecule has 31 heavy (non-hydrogen) atoms. The fourth-order valence-electron chi connectivity index (χ4n) is 3.61. The van der Waals surface area contributed by atoms with Crippen LogP contribution in [0.15, 0.2) is 87.5 Å². The molecule has 0 heterocycles. The molecule has 0 N–H and O–H groups in total. The van der Waals surface area contributed by atoms with Crippen molar-refractivity contribution < 1.29 is 17.9 Å². The summed E-state index contributed by atoms with van der Waals surface area (Å²) in [5.41, 5.74) is 2.02. The molecule has 1 nitrogen and oxygen atoms in total. The Kier molecular flexibility index (Phi) is 7.71. The van der Waals surface area contributed by atoms with Crippen LogP contribution in [-0.2, 0) is 0 Å². The fourth-order valence-corrected chi connectivity index (χ4v) is 6.09. The first-order valence-corrected chi connectivity index (χ1v) is 11.8. The number of hydrogen-bond acceptors (Lipinski definition) is 1. The molecule has 0 saturated heterocycles. The Morgan fingerprint density at radius 2 is 1.29 bits per heavy atom. The molecule has 0 aliphatic rings. The van der Waals surface area contributed by atoms with Gasteiger partial charge < -0.3 is 4.74 Å². The van der Waals surface area contributed by atoms with Gasteiger partial charge in [0.25, 0.3) is 0 Å². The molecule has 1 atom stereocenters. The van der Waals surface area contributed by atoms with E-state index in [-0.39, 0.29) is 13.0 Å². The Balaban J connectivity index is 1.81. The largest absolute Gasteiger partial charge is 0.493 e. The van der Waals surface area contributed by atoms with Gasteiger partial charge in [-0.25, -0.2) is 0 Å². The van der Waals surface area contributed by atoms with Gasteiger partial charge in [0.05, 0.1) is 12.5 Å². The number of ether oxygens (including phenoxy) is 1. The summed E-state index contributed by atoms with van der Waals surface area (Å²) in [5, 5.41) is 0. The van der Waals surface area contributed by atoms with Crippen LogP contribution in [0.25, 0.3) is 0 Å². The first-order valence-electron chi connectivity index (χ1n) is 10.5. The smallest absolute Gasteiger partial charge is 0.391 e. The Labute approximate surface area is 185 Å². The van der Waals surface area contributed by atoms with E-state index in [9.17, 15) is 13.2 Å². The van der Waals surface area contributed by atoms with Gasteiger partial charge in [-0.2, -0.15) is 24.1 Å². The molecule has 0 saturated carbocycles. The predicted octanol–water partition coefficient (Wildman–Crippen LogP) is 8.14. The fraction of sp³-hybridized carbons (Fsp3) is 0.308. The van der Waals surface area contributed by atoms with Crippen molar-refractivity contribution in [2.75, 3.05) is 6.61 Å². The number of halogens is 3. The van der Waals surface area contributed by atoms with Crippen LogP contribution in [0.3, 0.4) is 0 Å². The molecule has 3 aromatic carbocycles. The molecular formula is C26H29F3OS. The summed E-state index contributed by atoms with van der Waals surface area (Å²) in [6.45, 7) is 5.52. The van der Waals surface area contributed by atoms with E-state index in [1.54, 1.807) is 0 Å². The van der Waals surface area contributed by atoms with Crippen molar-refractivity contribution in [1.29, 1.82) is 0 Å². The molecule has 0 unspecified atom stereocenters. The molecular weight excluding hydrogens is 417 g/mol. The molecule has 5 heteroatoms. The van der Waals surface area contributed by atoms with Crippen molar-refractivity contribution in [3.63, 3.8) is 0 Å². The molecule has 0 aromatic heterocycles. The lowest BCUT2D eigenvalue weighted by Crippen LogP contribution is -2.20. The Hall–Kier alpha value is -2.40. The minimum Gasteiger partial charge on any atom is -0.493 e. The molecule has 166 valence electrons. The van der Waals surface area contributed by atoms with Crippen LogP contribution in [0.2, 0.25) is 0 Å². The predicted molar refractivity (Wildman–Crippen MR) is 123 cm³/mol. The second-order valence-electron chi connectivity index (χ2n) is 7.85. The molecule has 0 spiro atoms. The molecule has 0 bridgehead atoms. The summed E-state index contributed by atoms with van der Waals surface area (Å²) in [5.74, 6) is -0.527. The van der Waals surface area contributed by atoms with Gasteiger partial charge in [0.15, 0.2) is 0 Å². The molecule has 0 amide bonds. The Bertz CT molecular complexity index is 908. The summed E-state index contributed by atoms with van der Waals surface area (Å²) >= 11 is 0. The maximum absolute atomic E-state index is 12.7. The van der Waals surface area contributed by atoms with Crippen molar-refractivity contribution in [2.24, 2.45) is 5.92 Å². The van der Waals surface area contributed by atoms with Crippen LogP contribution in [0, 0.1) is 19.8 Å². The number of thiol groups is 1. The minimum absolute atomic E-state index is 0.0764. The highest BCUT2D eigenvalue weighted by Gasteiger charge is 2.35. The van der Waals surface area contributed by atoms with Crippen molar-refractivity contribution in [1.82, 2.24) is 0 Å². The number of alkyl halides is 3. The van der Waals surface area contributed by atoms with Gasteiger partial charge in [0.1, 0.15) is 5.75 Å². The third-order valence-electron chi connectivity index (χ3n) is 5.32. The van der Waals surface area contributed by atoms with Gasteiger partial charge in [-0.3, -0.25) is 0 Å². The average Bonchev–Trinajstić information content (AvgIpc) is 2.73. The summed E-state index contributed by atoms with van der Waals surface area (Å²) in [4.78, 5) is 3.79. The number of aryl methyl sites for hydroxylation is 2. The van der Waals surface area contributed by atoms with Crippen LogP contribution in [0.5, 0.6) is 5.75 Å². The molecule has 3 aromatic rings. The summed E-state index contributed by atoms with van der Waals surface area (Å²) < 4.78 is 44.0. The van der Waals surface area contributed by atoms with Crippen molar-refractivity contribution in [3.05, 3.63) is 83.9 Å². The Morgan fingerprint density at radius 3 is 1.74 bits per heavy atom. The second-order valence-corrected chi connectivity index (χ2v) is 10.1. The van der Waals surface area contributed by atoms with Crippen molar-refractivity contribution in [3.8, 4) is 5.75 Å². The monoisotopic (exact) mass is 446 g/mol. The number of rotatable bonds is 8. The van der Waals surface area contributed by atoms with E-state index >= 15 is 0 Å². The zero-order valence-electron chi connectivity index (χ0n) is 18.1. The van der Waals surface area contributed by atoms with Crippen LogP contribution in [-0.4, -0.2) is 12.8 Å². The molecule has 0 radical (unpaired) electrons. The number of benzene rings is 3. The Morgan fingerprint density at radius 1 is 0.806 bits per heavy atom. The maximum atomic E-state index is 12.7. The molecule has 0 fully saturated rings. The highest BCUT2D eigenvalue weighted by atomic mass is 32.2. The molecule has 0 aliphatic heterocycles. The van der Waals surface area contributed by atoms with E-state index in [2.05, 4.69) is 60.7 Å². The molecule has 3 rings (SSSR count). The van der Waals surface area contributed by atoms with Gasteiger partial charge in [-0.05, 0) is 88.9 Å². The summed E-state index contributed by atoms with van der Waals surface area (Å²) in [7, 11) is -0.709. The maximum Gasteiger partial charge on any atom is 0.391 e. The first kappa shape index (κ1) is 23.3. The lowest BCUT2D eigenvalue weighted by atomic mass is 10.1. The highest BCUT2D eigenvalue weighted by Crippen LogP contribution is 2.52. The average molecular weight is 447 g/mol. The van der Waals surface area contributed by atoms with E-state index in [1.165, 1.54) is 21.6 Å². The molecule has 0 aliphatic carbocycles. The van der Waals surface area contributed by atoms with Crippen molar-refractivity contribution >= 4 is 10.9 Å². The van der Waals surface area contributed by atoms with E-state index in [4.69, 9.17) is 4.74 Å². The SMILES string of the molecule is Cc1cc([SH](c2ccccc2)c2ccccc2)cc(C)c1OCCC[C@H](C)C(F)(F)F. The van der Waals surface area contributed by atoms with Crippen LogP contribution in [0.1, 0.15) is 30.9 Å². The first-order chi connectivity index (χ1) is 14.8. The summed E-state index contributed by atoms with van der Waals surface area (Å²) in [6.07, 6.45) is -3.69. The van der Waals surface area contributed by atoms with Gasteiger partial charge in [-0.1, -0.05) is 43.3 Å². The topological polar surface area (TPSA) is 9.23 Å². The lowest BCUT2D eigenvalue weighted by molar-refractivity contribution is -0.171. The van der Waals surface area contributed by atoms with Crippen molar-refractivity contribution in [2.45, 2.75) is 54.5 Å². The van der Waals surface area contributed by atoms with Crippen LogP contribution >= 0.6 is 10.9 Å². The van der Waals surface area contributed by atoms with E-state index in [0.29, 0.717) is 6.42 Å². The van der Waals surface area contributed by atoms with Crippen LogP contribution < -0.4 is 4.74 Å². The van der Waals surface area contributed by atoms with Gasteiger partial charge >= 0.3 is 6.18 Å². The van der Waals surface area contributed by atoms with E-state index < -0.39 is 23.0 Å². The second kappa shape index (κ2) is 10.3. The van der Waals surface area contributed by atoms with E-state index in [1.807, 2.05) is 26.0 Å². The highest BCUT2D eigenvalue weighted by molar-refractivity contribution is 8.17. The zero-order chi connectivity index (χ0) is 22.4. The lowest BCUT2D eigenvalue weighted by Gasteiger charge is -2.25. The van der Waals surface area contributed by atoms with Gasteiger partial charge in [-0.15, -0.1) is 0 Å². The van der Waals surface area contributed by atoms with E-state index in [0.717, 1.165) is 16.9 Å². The zero-order valence-corrected chi connectivity index (χ0v) is 19.0. The van der Waals surface area contributed by atoms with Gasteiger partial charge in [0.2, 0.25) is 0 Å². The van der Waals surface area contributed by atoms with Gasteiger partial charge in [0, 0.05) is 0 Å². The standard InChI is InChI=1S/C26H29F3OS/c1-19-17-24(18-20(2)25(19)30-16-10-11-21(3)26(27,28)29)31(22-12-6-4-7-13-22)23-14-8-5-9-15-23/h4-9,12-15,17-18,21,31H,10-11,16H2,1-3H3/t21-/m0/s1. The minimum atomic E-state index is -4.14. The third-order valence-corrected chi connectivity index (χ3v) is 7.72. The quantitative estimate of drug-likeness (QED) is 0.271. The normalized spacial score (nSPS) is 13.0. The number of hydrogen-bond donors (Lipinski definition) is 1. The summed E-state index contributed by atoms with van der Waals surface area (Å²) in [6, 6.07) is 25.3.